The van der Waals surface area contributed by atoms with Gasteiger partial charge in [0.1, 0.15) is 6.10 Å². The predicted molar refractivity (Wildman–Crippen MR) is 65.1 cm³/mol. The number of aromatic nitrogens is 1. The minimum absolute atomic E-state index is 0.202. The maximum atomic E-state index is 11.5. The molecule has 6 heteroatoms. The van der Waals surface area contributed by atoms with Crippen LogP contribution in [0, 0.1) is 0 Å². The second kappa shape index (κ2) is 5.88. The smallest absolute Gasteiger partial charge is 0.275 e. The van der Waals surface area contributed by atoms with Crippen molar-refractivity contribution in [1.82, 2.24) is 10.5 Å². The highest BCUT2D eigenvalue weighted by molar-refractivity contribution is 7.99. The van der Waals surface area contributed by atoms with Gasteiger partial charge in [-0.15, -0.1) is 0 Å². The van der Waals surface area contributed by atoms with Gasteiger partial charge in [-0.2, -0.15) is 11.8 Å². The summed E-state index contributed by atoms with van der Waals surface area (Å²) in [5.41, 5.74) is 2.73. The number of hydroxylamine groups is 1. The first-order valence-electron chi connectivity index (χ1n) is 5.33. The number of carbonyl (C=O) groups is 1. The van der Waals surface area contributed by atoms with E-state index in [4.69, 9.17) is 4.74 Å². The molecular weight excluding hydrogens is 240 g/mol. The molecule has 2 heterocycles. The highest BCUT2D eigenvalue weighted by atomic mass is 32.2. The van der Waals surface area contributed by atoms with Gasteiger partial charge in [0.2, 0.25) is 5.88 Å². The average Bonchev–Trinajstić information content (AvgIpc) is 2.82. The van der Waals surface area contributed by atoms with Crippen LogP contribution in [0.25, 0.3) is 0 Å². The Morgan fingerprint density at radius 3 is 3.24 bits per heavy atom. The van der Waals surface area contributed by atoms with Gasteiger partial charge in [0.05, 0.1) is 7.11 Å². The van der Waals surface area contributed by atoms with E-state index < -0.39 is 0 Å². The molecule has 1 saturated heterocycles. The van der Waals surface area contributed by atoms with Crippen LogP contribution in [0.1, 0.15) is 16.8 Å². The number of rotatable bonds is 4. The molecule has 0 aromatic carbocycles. The fourth-order valence-corrected chi connectivity index (χ4v) is 2.64. The minimum Gasteiger partial charge on any atom is -0.473 e. The first kappa shape index (κ1) is 12.2. The molecule has 0 saturated carbocycles. The Morgan fingerprint density at radius 2 is 2.53 bits per heavy atom. The summed E-state index contributed by atoms with van der Waals surface area (Å²) >= 11 is 1.87. The van der Waals surface area contributed by atoms with Crippen molar-refractivity contribution in [3.8, 4) is 5.88 Å². The van der Waals surface area contributed by atoms with Crippen LogP contribution in [0.15, 0.2) is 18.3 Å². The van der Waals surface area contributed by atoms with Gasteiger partial charge in [0, 0.05) is 23.6 Å². The SMILES string of the molecule is CONC(=O)c1ccnc(O[C@@H]2CCSC2)c1. The summed E-state index contributed by atoms with van der Waals surface area (Å²) < 4.78 is 5.69. The monoisotopic (exact) mass is 254 g/mol. The summed E-state index contributed by atoms with van der Waals surface area (Å²) in [5.74, 6) is 2.28. The Kier molecular flexibility index (Phi) is 4.22. The molecule has 1 aromatic heterocycles. The van der Waals surface area contributed by atoms with Crippen LogP contribution in [-0.2, 0) is 4.84 Å². The fraction of sp³-hybridized carbons (Fsp3) is 0.455. The van der Waals surface area contributed by atoms with Crippen LogP contribution >= 0.6 is 11.8 Å². The number of nitrogens with zero attached hydrogens (tertiary/aromatic N) is 1. The van der Waals surface area contributed by atoms with Crippen LogP contribution in [0.5, 0.6) is 5.88 Å². The third kappa shape index (κ3) is 3.34. The minimum atomic E-state index is -0.305. The Bertz CT molecular complexity index is 394. The molecule has 1 N–H and O–H groups in total. The van der Waals surface area contributed by atoms with E-state index in [1.807, 2.05) is 11.8 Å². The Hall–Kier alpha value is -1.27. The third-order valence-electron chi connectivity index (χ3n) is 2.37. The molecule has 1 atom stereocenters. The van der Waals surface area contributed by atoms with Gasteiger partial charge in [-0.05, 0) is 18.2 Å². The molecule has 17 heavy (non-hydrogen) atoms. The van der Waals surface area contributed by atoms with E-state index in [2.05, 4.69) is 15.3 Å². The van der Waals surface area contributed by atoms with Crippen molar-refractivity contribution in [2.75, 3.05) is 18.6 Å². The van der Waals surface area contributed by atoms with Crippen molar-refractivity contribution in [1.29, 1.82) is 0 Å². The van der Waals surface area contributed by atoms with Crippen molar-refractivity contribution in [2.45, 2.75) is 12.5 Å². The molecule has 92 valence electrons. The number of hydrogen-bond acceptors (Lipinski definition) is 5. The lowest BCUT2D eigenvalue weighted by atomic mass is 10.2. The van der Waals surface area contributed by atoms with Gasteiger partial charge in [-0.25, -0.2) is 10.5 Å². The van der Waals surface area contributed by atoms with Gasteiger partial charge in [-0.3, -0.25) is 9.63 Å². The van der Waals surface area contributed by atoms with Crippen LogP contribution in [0.2, 0.25) is 0 Å². The molecule has 0 bridgehead atoms. The number of pyridine rings is 1. The molecule has 1 aliphatic heterocycles. The first-order valence-corrected chi connectivity index (χ1v) is 6.49. The highest BCUT2D eigenvalue weighted by Crippen LogP contribution is 2.22. The second-order valence-electron chi connectivity index (χ2n) is 3.62. The van der Waals surface area contributed by atoms with E-state index in [9.17, 15) is 4.79 Å². The average molecular weight is 254 g/mol. The molecule has 1 aromatic rings. The maximum absolute atomic E-state index is 11.5. The van der Waals surface area contributed by atoms with Gasteiger partial charge in [0.25, 0.3) is 5.91 Å². The lowest BCUT2D eigenvalue weighted by Gasteiger charge is -2.11. The molecule has 1 aliphatic rings. The Labute approximate surface area is 104 Å². The zero-order valence-electron chi connectivity index (χ0n) is 9.51. The molecule has 1 fully saturated rings. The quantitative estimate of drug-likeness (QED) is 0.820. The molecule has 0 radical (unpaired) electrons. The molecule has 0 aliphatic carbocycles. The van der Waals surface area contributed by atoms with E-state index in [-0.39, 0.29) is 12.0 Å². The molecular formula is C11H14N2O3S. The maximum Gasteiger partial charge on any atom is 0.275 e. The van der Waals surface area contributed by atoms with E-state index in [0.717, 1.165) is 17.9 Å². The summed E-state index contributed by atoms with van der Waals surface area (Å²) in [6.45, 7) is 0. The van der Waals surface area contributed by atoms with E-state index in [1.165, 1.54) is 7.11 Å². The summed E-state index contributed by atoms with van der Waals surface area (Å²) in [6, 6.07) is 3.24. The normalized spacial score (nSPS) is 19.0. The van der Waals surface area contributed by atoms with Crippen LogP contribution in [0.3, 0.4) is 0 Å². The van der Waals surface area contributed by atoms with Crippen molar-refractivity contribution < 1.29 is 14.4 Å². The number of nitrogens with one attached hydrogen (secondary N) is 1. The Balaban J connectivity index is 2.02. The van der Waals surface area contributed by atoms with Crippen LogP contribution in [-0.4, -0.2) is 35.6 Å². The van der Waals surface area contributed by atoms with Crippen molar-refractivity contribution in [2.24, 2.45) is 0 Å². The summed E-state index contributed by atoms with van der Waals surface area (Å²) in [5, 5.41) is 0. The first-order chi connectivity index (χ1) is 8.29. The largest absolute Gasteiger partial charge is 0.473 e. The van der Waals surface area contributed by atoms with Crippen molar-refractivity contribution in [3.63, 3.8) is 0 Å². The molecule has 2 rings (SSSR count). The lowest BCUT2D eigenvalue weighted by molar-refractivity contribution is 0.0537. The third-order valence-corrected chi connectivity index (χ3v) is 3.50. The number of ether oxygens (including phenoxy) is 1. The highest BCUT2D eigenvalue weighted by Gasteiger charge is 2.18. The van der Waals surface area contributed by atoms with Gasteiger partial charge in [0.15, 0.2) is 0 Å². The van der Waals surface area contributed by atoms with Crippen LogP contribution in [0.4, 0.5) is 0 Å². The topological polar surface area (TPSA) is 60.5 Å². The zero-order valence-corrected chi connectivity index (χ0v) is 10.3. The lowest BCUT2D eigenvalue weighted by Crippen LogP contribution is -2.22. The fourth-order valence-electron chi connectivity index (χ4n) is 1.54. The summed E-state index contributed by atoms with van der Waals surface area (Å²) in [7, 11) is 1.40. The van der Waals surface area contributed by atoms with E-state index >= 15 is 0 Å². The number of carbonyl (C=O) groups excluding carboxylic acids is 1. The molecule has 0 unspecified atom stereocenters. The number of thioether (sulfide) groups is 1. The summed E-state index contributed by atoms with van der Waals surface area (Å²) in [6.07, 6.45) is 2.79. The second-order valence-corrected chi connectivity index (χ2v) is 4.77. The molecule has 0 spiro atoms. The van der Waals surface area contributed by atoms with Crippen LogP contribution < -0.4 is 10.2 Å². The Morgan fingerprint density at radius 1 is 1.65 bits per heavy atom. The van der Waals surface area contributed by atoms with Gasteiger partial charge < -0.3 is 4.74 Å². The predicted octanol–water partition coefficient (Wildman–Crippen LogP) is 1.26. The summed E-state index contributed by atoms with van der Waals surface area (Å²) in [4.78, 5) is 20.2. The van der Waals surface area contributed by atoms with Crippen molar-refractivity contribution >= 4 is 17.7 Å². The standard InChI is InChI=1S/C11H14N2O3S/c1-15-13-11(14)8-2-4-12-10(6-8)16-9-3-5-17-7-9/h2,4,6,9H,3,5,7H2,1H3,(H,13,14)/t9-/m1/s1. The van der Waals surface area contributed by atoms with E-state index in [0.29, 0.717) is 11.4 Å². The number of hydrogen-bond donors (Lipinski definition) is 1. The molecule has 1 amide bonds. The molecule has 5 nitrogen and oxygen atoms in total. The van der Waals surface area contributed by atoms with Gasteiger partial charge >= 0.3 is 0 Å². The van der Waals surface area contributed by atoms with E-state index in [1.54, 1.807) is 18.3 Å². The number of amides is 1. The van der Waals surface area contributed by atoms with Gasteiger partial charge in [-0.1, -0.05) is 0 Å². The zero-order chi connectivity index (χ0) is 12.1. The van der Waals surface area contributed by atoms with Crippen molar-refractivity contribution in [3.05, 3.63) is 23.9 Å².